The molecule has 4 N–H and O–H groups in total. The number of ether oxygens (including phenoxy) is 2. The molecule has 0 aromatic rings. The minimum atomic E-state index is -0.140. The highest BCUT2D eigenvalue weighted by Crippen LogP contribution is 2.16. The van der Waals surface area contributed by atoms with Crippen LogP contribution in [0.5, 0.6) is 0 Å². The van der Waals surface area contributed by atoms with Crippen molar-refractivity contribution in [3.05, 3.63) is 0 Å². The van der Waals surface area contributed by atoms with Gasteiger partial charge in [0.05, 0.1) is 12.7 Å². The summed E-state index contributed by atoms with van der Waals surface area (Å²) in [7, 11) is 0. The van der Waals surface area contributed by atoms with Crippen LogP contribution >= 0.6 is 24.0 Å². The second-order valence-electron chi connectivity index (χ2n) is 7.98. The third-order valence-electron chi connectivity index (χ3n) is 5.57. The molecule has 2 fully saturated rings. The largest absolute Gasteiger partial charge is 0.379 e. The number of nitrogens with two attached hydrogens (primary N) is 1. The van der Waals surface area contributed by atoms with Gasteiger partial charge in [-0.05, 0) is 71.5 Å². The topological polar surface area (TPSA) is 101 Å². The smallest absolute Gasteiger partial charge is 0.220 e. The summed E-state index contributed by atoms with van der Waals surface area (Å²) >= 11 is 0. The van der Waals surface area contributed by atoms with Gasteiger partial charge in [0.1, 0.15) is 0 Å². The molecule has 0 spiro atoms. The van der Waals surface area contributed by atoms with E-state index in [2.05, 4.69) is 27.4 Å². The van der Waals surface area contributed by atoms with Crippen molar-refractivity contribution in [1.82, 2.24) is 15.5 Å². The predicted octanol–water partition coefficient (Wildman–Crippen LogP) is 1.72. The van der Waals surface area contributed by atoms with Gasteiger partial charge in [0, 0.05) is 38.8 Å². The fraction of sp³-hybridized carbons (Fsp3) is 0.905. The van der Waals surface area contributed by atoms with E-state index < -0.39 is 0 Å². The Morgan fingerprint density at radius 1 is 1.20 bits per heavy atom. The van der Waals surface area contributed by atoms with Crippen LogP contribution in [-0.4, -0.2) is 82.0 Å². The lowest BCUT2D eigenvalue weighted by atomic mass is 9.96. The first-order valence-corrected chi connectivity index (χ1v) is 11.4. The van der Waals surface area contributed by atoms with Gasteiger partial charge < -0.3 is 30.7 Å². The van der Waals surface area contributed by atoms with Crippen molar-refractivity contribution >= 4 is 35.8 Å². The number of hydrogen-bond acceptors (Lipinski definition) is 5. The zero-order chi connectivity index (χ0) is 20.7. The van der Waals surface area contributed by atoms with Crippen LogP contribution in [0.2, 0.25) is 0 Å². The summed E-state index contributed by atoms with van der Waals surface area (Å²) in [5, 5.41) is 6.71. The Kier molecular flexibility index (Phi) is 15.5. The molecule has 0 aromatic heterocycles. The summed E-state index contributed by atoms with van der Waals surface area (Å²) in [6, 6.07) is 0. The van der Waals surface area contributed by atoms with Crippen molar-refractivity contribution < 1.29 is 14.3 Å². The van der Waals surface area contributed by atoms with E-state index in [4.69, 9.17) is 15.2 Å². The van der Waals surface area contributed by atoms with Crippen LogP contribution in [0.3, 0.4) is 0 Å². The fourth-order valence-corrected chi connectivity index (χ4v) is 3.80. The lowest BCUT2D eigenvalue weighted by Gasteiger charge is -2.30. The molecule has 0 bridgehead atoms. The molecular formula is C21H42IN5O3. The van der Waals surface area contributed by atoms with Crippen molar-refractivity contribution in [3.63, 3.8) is 0 Å². The third-order valence-corrected chi connectivity index (χ3v) is 5.57. The van der Waals surface area contributed by atoms with Crippen LogP contribution in [-0.2, 0) is 14.3 Å². The van der Waals surface area contributed by atoms with Crippen molar-refractivity contribution in [1.29, 1.82) is 0 Å². The Bertz CT molecular complexity index is 481. The Balaban J connectivity index is 0.00000450. The minimum Gasteiger partial charge on any atom is -0.379 e. The first kappa shape index (κ1) is 27.4. The molecule has 2 aliphatic heterocycles. The lowest BCUT2D eigenvalue weighted by Crippen LogP contribution is -2.39. The molecule has 1 unspecified atom stereocenters. The summed E-state index contributed by atoms with van der Waals surface area (Å²) in [6.07, 6.45) is 7.55. The number of amides is 1. The number of hydrogen-bond donors (Lipinski definition) is 3. The van der Waals surface area contributed by atoms with Crippen LogP contribution in [0.15, 0.2) is 4.99 Å². The summed E-state index contributed by atoms with van der Waals surface area (Å²) < 4.78 is 11.2. The molecule has 2 heterocycles. The third kappa shape index (κ3) is 11.7. The maximum Gasteiger partial charge on any atom is 0.220 e. The Morgan fingerprint density at radius 2 is 2.00 bits per heavy atom. The zero-order valence-corrected chi connectivity index (χ0v) is 20.9. The van der Waals surface area contributed by atoms with Gasteiger partial charge in [-0.25, -0.2) is 0 Å². The maximum atomic E-state index is 11.2. The molecule has 2 rings (SSSR count). The molecule has 2 aliphatic rings. The molecule has 0 aliphatic carbocycles. The average Bonchev–Trinajstić information content (AvgIpc) is 3.24. The monoisotopic (exact) mass is 539 g/mol. The Hall–Kier alpha value is -0.650. The highest BCUT2D eigenvalue weighted by Gasteiger charge is 2.22. The lowest BCUT2D eigenvalue weighted by molar-refractivity contribution is -0.123. The van der Waals surface area contributed by atoms with E-state index in [9.17, 15) is 4.79 Å². The minimum absolute atomic E-state index is 0. The highest BCUT2D eigenvalue weighted by molar-refractivity contribution is 14.0. The number of carbonyl (C=O) groups is 1. The summed E-state index contributed by atoms with van der Waals surface area (Å²) in [5.74, 6) is 0.820. The molecule has 0 aromatic carbocycles. The highest BCUT2D eigenvalue weighted by atomic mass is 127. The van der Waals surface area contributed by atoms with E-state index in [1.165, 1.54) is 0 Å². The van der Waals surface area contributed by atoms with Gasteiger partial charge in [0.2, 0.25) is 5.91 Å². The van der Waals surface area contributed by atoms with E-state index >= 15 is 0 Å². The molecule has 2 saturated heterocycles. The van der Waals surface area contributed by atoms with E-state index in [1.807, 2.05) is 0 Å². The quantitative estimate of drug-likeness (QED) is 0.143. The molecule has 8 nitrogen and oxygen atoms in total. The van der Waals surface area contributed by atoms with Gasteiger partial charge in [0.25, 0.3) is 0 Å². The molecule has 9 heteroatoms. The number of nitrogens with zero attached hydrogens (tertiary/aromatic N) is 2. The number of aliphatic imine (C=N–C) groups is 1. The number of likely N-dealkylation sites (tertiary alicyclic amines) is 1. The van der Waals surface area contributed by atoms with Crippen molar-refractivity contribution in [2.45, 2.75) is 58.0 Å². The molecule has 1 atom stereocenters. The van der Waals surface area contributed by atoms with Gasteiger partial charge in [-0.2, -0.15) is 0 Å². The van der Waals surface area contributed by atoms with Gasteiger partial charge in [-0.1, -0.05) is 0 Å². The SMILES string of the molecule is CCNC(=NCCCOCC1CCCO1)NCCCCN1CCC(C(N)=O)CC1.I. The first-order valence-electron chi connectivity index (χ1n) is 11.4. The molecular weight excluding hydrogens is 497 g/mol. The maximum absolute atomic E-state index is 11.2. The Morgan fingerprint density at radius 3 is 2.67 bits per heavy atom. The number of nitrogens with one attached hydrogen (secondary N) is 2. The molecule has 0 radical (unpaired) electrons. The normalized spacial score (nSPS) is 20.7. The van der Waals surface area contributed by atoms with Gasteiger partial charge in [0.15, 0.2) is 5.96 Å². The van der Waals surface area contributed by atoms with E-state index in [-0.39, 0.29) is 35.8 Å². The number of unbranched alkanes of at least 4 members (excludes halogenated alkanes) is 1. The van der Waals surface area contributed by atoms with Gasteiger partial charge in [-0.3, -0.25) is 9.79 Å². The van der Waals surface area contributed by atoms with E-state index in [1.54, 1.807) is 0 Å². The molecule has 176 valence electrons. The predicted molar refractivity (Wildman–Crippen MR) is 131 cm³/mol. The summed E-state index contributed by atoms with van der Waals surface area (Å²) in [4.78, 5) is 18.3. The van der Waals surface area contributed by atoms with Crippen LogP contribution in [0.1, 0.15) is 51.9 Å². The molecule has 30 heavy (non-hydrogen) atoms. The summed E-state index contributed by atoms with van der Waals surface area (Å²) in [6.45, 7) is 9.99. The van der Waals surface area contributed by atoms with Crippen molar-refractivity contribution in [3.8, 4) is 0 Å². The number of halogens is 1. The summed E-state index contributed by atoms with van der Waals surface area (Å²) in [5.41, 5.74) is 5.39. The van der Waals surface area contributed by atoms with Crippen molar-refractivity contribution in [2.24, 2.45) is 16.6 Å². The Labute approximate surface area is 199 Å². The standard InChI is InChI=1S/C21H41N5O3.HI/c1-2-23-21(25-11-6-15-28-17-19-7-5-16-29-19)24-10-3-4-12-26-13-8-18(9-14-26)20(22)27;/h18-19H,2-17H2,1H3,(H2,22,27)(H2,23,24,25);1H. The van der Waals surface area contributed by atoms with Crippen LogP contribution in [0, 0.1) is 5.92 Å². The number of rotatable bonds is 13. The number of piperidine rings is 1. The van der Waals surface area contributed by atoms with Crippen LogP contribution < -0.4 is 16.4 Å². The first-order chi connectivity index (χ1) is 14.2. The fourth-order valence-electron chi connectivity index (χ4n) is 3.80. The molecule has 1 amide bonds. The second kappa shape index (κ2) is 17.0. The van der Waals surface area contributed by atoms with Gasteiger partial charge >= 0.3 is 0 Å². The van der Waals surface area contributed by atoms with Crippen molar-refractivity contribution in [2.75, 3.05) is 59.1 Å². The number of guanidine groups is 1. The number of primary amides is 1. The molecule has 0 saturated carbocycles. The number of carbonyl (C=O) groups excluding carboxylic acids is 1. The van der Waals surface area contributed by atoms with Crippen LogP contribution in [0.4, 0.5) is 0 Å². The average molecular weight is 540 g/mol. The van der Waals surface area contributed by atoms with Crippen LogP contribution in [0.25, 0.3) is 0 Å². The second-order valence-corrected chi connectivity index (χ2v) is 7.98. The van der Waals surface area contributed by atoms with Gasteiger partial charge in [-0.15, -0.1) is 24.0 Å². The van der Waals surface area contributed by atoms with E-state index in [0.29, 0.717) is 12.7 Å². The van der Waals surface area contributed by atoms with E-state index in [0.717, 1.165) is 103 Å². The zero-order valence-electron chi connectivity index (χ0n) is 18.6.